The Morgan fingerprint density at radius 1 is 1.26 bits per heavy atom. The lowest BCUT2D eigenvalue weighted by Gasteiger charge is -2.07. The Balaban J connectivity index is 2.06. The van der Waals surface area contributed by atoms with Gasteiger partial charge in [0, 0.05) is 12.1 Å². The number of rotatable bonds is 5. The number of furan rings is 1. The van der Waals surface area contributed by atoms with Crippen LogP contribution in [0.2, 0.25) is 5.02 Å². The van der Waals surface area contributed by atoms with Gasteiger partial charge in [0.15, 0.2) is 0 Å². The molecule has 0 bridgehead atoms. The third-order valence-corrected chi connectivity index (χ3v) is 3.21. The summed E-state index contributed by atoms with van der Waals surface area (Å²) >= 11 is 6.08. The number of hydrogen-bond donors (Lipinski definition) is 1. The minimum Gasteiger partial charge on any atom is -0.484 e. The van der Waals surface area contributed by atoms with E-state index < -0.39 is 0 Å². The van der Waals surface area contributed by atoms with Crippen molar-refractivity contribution in [3.63, 3.8) is 0 Å². The molecule has 0 aliphatic carbocycles. The van der Waals surface area contributed by atoms with Crippen LogP contribution in [-0.4, -0.2) is 7.05 Å². The average Bonchev–Trinajstić information content (AvgIpc) is 2.72. The fourth-order valence-electron chi connectivity index (χ4n) is 1.89. The highest BCUT2D eigenvalue weighted by atomic mass is 35.5. The van der Waals surface area contributed by atoms with Crippen molar-refractivity contribution in [2.45, 2.75) is 27.0 Å². The molecule has 19 heavy (non-hydrogen) atoms. The van der Waals surface area contributed by atoms with Crippen molar-refractivity contribution in [3.8, 4) is 5.75 Å². The fraction of sp³-hybridized carbons (Fsp3) is 0.333. The largest absolute Gasteiger partial charge is 0.484 e. The molecule has 0 aliphatic rings. The molecular formula is C15H18ClNO2. The van der Waals surface area contributed by atoms with Gasteiger partial charge in [-0.3, -0.25) is 0 Å². The molecule has 2 aromatic rings. The minimum absolute atomic E-state index is 0.383. The van der Waals surface area contributed by atoms with Crippen LogP contribution in [-0.2, 0) is 13.2 Å². The molecule has 0 fully saturated rings. The second-order valence-electron chi connectivity index (χ2n) is 4.55. The third kappa shape index (κ3) is 3.52. The van der Waals surface area contributed by atoms with Crippen LogP contribution in [0.25, 0.3) is 0 Å². The number of benzene rings is 1. The zero-order chi connectivity index (χ0) is 13.8. The third-order valence-electron chi connectivity index (χ3n) is 2.90. The maximum atomic E-state index is 6.08. The molecule has 3 nitrogen and oxygen atoms in total. The Morgan fingerprint density at radius 2 is 2.05 bits per heavy atom. The van der Waals surface area contributed by atoms with Crippen LogP contribution < -0.4 is 10.1 Å². The summed E-state index contributed by atoms with van der Waals surface area (Å²) in [6.45, 7) is 5.13. The highest BCUT2D eigenvalue weighted by molar-refractivity contribution is 6.32. The maximum absolute atomic E-state index is 6.08. The highest BCUT2D eigenvalue weighted by Crippen LogP contribution is 2.26. The number of hydrogen-bond acceptors (Lipinski definition) is 3. The van der Waals surface area contributed by atoms with Crippen LogP contribution in [0.4, 0.5) is 0 Å². The van der Waals surface area contributed by atoms with E-state index in [2.05, 4.69) is 5.32 Å². The van der Waals surface area contributed by atoms with E-state index in [0.717, 1.165) is 29.2 Å². The van der Waals surface area contributed by atoms with Gasteiger partial charge in [0.2, 0.25) is 0 Å². The Bertz CT molecular complexity index is 563. The molecule has 4 heteroatoms. The molecule has 0 saturated heterocycles. The molecule has 0 unspecified atom stereocenters. The van der Waals surface area contributed by atoms with Crippen LogP contribution in [0.3, 0.4) is 0 Å². The van der Waals surface area contributed by atoms with Gasteiger partial charge in [-0.1, -0.05) is 17.7 Å². The summed E-state index contributed by atoms with van der Waals surface area (Å²) in [5.74, 6) is 2.41. The molecule has 102 valence electrons. The summed E-state index contributed by atoms with van der Waals surface area (Å²) in [6.07, 6.45) is 0. The summed E-state index contributed by atoms with van der Waals surface area (Å²) in [7, 11) is 1.91. The molecule has 0 saturated carbocycles. The van der Waals surface area contributed by atoms with Crippen LogP contribution >= 0.6 is 11.6 Å². The summed E-state index contributed by atoms with van der Waals surface area (Å²) < 4.78 is 11.4. The fourth-order valence-corrected chi connectivity index (χ4v) is 2.07. The molecule has 1 heterocycles. The predicted octanol–water partition coefficient (Wildman–Crippen LogP) is 3.85. The first kappa shape index (κ1) is 14.0. The van der Waals surface area contributed by atoms with Gasteiger partial charge in [0.25, 0.3) is 0 Å². The van der Waals surface area contributed by atoms with E-state index in [4.69, 9.17) is 20.8 Å². The monoisotopic (exact) mass is 279 g/mol. The van der Waals surface area contributed by atoms with E-state index in [0.29, 0.717) is 17.4 Å². The first-order valence-corrected chi connectivity index (χ1v) is 6.59. The molecule has 1 aromatic heterocycles. The minimum atomic E-state index is 0.383. The zero-order valence-electron chi connectivity index (χ0n) is 11.4. The Labute approximate surface area is 118 Å². The van der Waals surface area contributed by atoms with Crippen molar-refractivity contribution < 1.29 is 9.15 Å². The normalized spacial score (nSPS) is 10.7. The van der Waals surface area contributed by atoms with E-state index in [9.17, 15) is 0 Å². The smallest absolute Gasteiger partial charge is 0.146 e. The van der Waals surface area contributed by atoms with Crippen LogP contribution in [0.1, 0.15) is 22.6 Å². The van der Waals surface area contributed by atoms with Gasteiger partial charge >= 0.3 is 0 Å². The number of halogens is 1. The standard InChI is InChI=1S/C15H18ClNO2/c1-10-4-5-14(16)15(6-10)18-9-13-7-12(8-17-3)11(2)19-13/h4-7,17H,8-9H2,1-3H3. The molecule has 0 aliphatic heterocycles. The summed E-state index contributed by atoms with van der Waals surface area (Å²) in [5, 5.41) is 3.72. The van der Waals surface area contributed by atoms with Crippen molar-refractivity contribution >= 4 is 11.6 Å². The van der Waals surface area contributed by atoms with Crippen molar-refractivity contribution in [1.29, 1.82) is 0 Å². The van der Waals surface area contributed by atoms with E-state index in [1.54, 1.807) is 0 Å². The van der Waals surface area contributed by atoms with Gasteiger partial charge < -0.3 is 14.5 Å². The maximum Gasteiger partial charge on any atom is 0.146 e. The second kappa shape index (κ2) is 6.13. The lowest BCUT2D eigenvalue weighted by molar-refractivity contribution is 0.267. The van der Waals surface area contributed by atoms with Crippen molar-refractivity contribution in [2.24, 2.45) is 0 Å². The quantitative estimate of drug-likeness (QED) is 0.903. The van der Waals surface area contributed by atoms with Gasteiger partial charge in [-0.15, -0.1) is 0 Å². The lowest BCUT2D eigenvalue weighted by atomic mass is 10.2. The van der Waals surface area contributed by atoms with Gasteiger partial charge in [0.05, 0.1) is 5.02 Å². The molecule has 0 amide bonds. The average molecular weight is 280 g/mol. The van der Waals surface area contributed by atoms with Crippen molar-refractivity contribution in [2.75, 3.05) is 7.05 Å². The first-order valence-electron chi connectivity index (χ1n) is 6.22. The topological polar surface area (TPSA) is 34.4 Å². The highest BCUT2D eigenvalue weighted by Gasteiger charge is 2.08. The van der Waals surface area contributed by atoms with Crippen LogP contribution in [0.5, 0.6) is 5.75 Å². The first-order chi connectivity index (χ1) is 9.10. The van der Waals surface area contributed by atoms with Crippen molar-refractivity contribution in [1.82, 2.24) is 5.32 Å². The molecule has 1 aromatic carbocycles. The molecule has 0 atom stereocenters. The number of ether oxygens (including phenoxy) is 1. The lowest BCUT2D eigenvalue weighted by Crippen LogP contribution is -2.04. The summed E-state index contributed by atoms with van der Waals surface area (Å²) in [6, 6.07) is 7.73. The molecule has 2 rings (SSSR count). The van der Waals surface area contributed by atoms with E-state index in [1.807, 2.05) is 45.2 Å². The predicted molar refractivity (Wildman–Crippen MR) is 76.7 cm³/mol. The summed E-state index contributed by atoms with van der Waals surface area (Å²) in [4.78, 5) is 0. The molecule has 0 radical (unpaired) electrons. The SMILES string of the molecule is CNCc1cc(COc2cc(C)ccc2Cl)oc1C. The second-order valence-corrected chi connectivity index (χ2v) is 4.95. The van der Waals surface area contributed by atoms with Crippen LogP contribution in [0, 0.1) is 13.8 Å². The Hall–Kier alpha value is -1.45. The Kier molecular flexibility index (Phi) is 4.51. The van der Waals surface area contributed by atoms with Gasteiger partial charge in [-0.25, -0.2) is 0 Å². The Morgan fingerprint density at radius 3 is 2.79 bits per heavy atom. The molecule has 1 N–H and O–H groups in total. The van der Waals surface area contributed by atoms with Crippen LogP contribution in [0.15, 0.2) is 28.7 Å². The number of nitrogens with one attached hydrogen (secondary N) is 1. The van der Waals surface area contributed by atoms with E-state index in [1.165, 1.54) is 0 Å². The zero-order valence-corrected chi connectivity index (χ0v) is 12.2. The molecule has 0 spiro atoms. The molecular weight excluding hydrogens is 262 g/mol. The number of aryl methyl sites for hydroxylation is 2. The van der Waals surface area contributed by atoms with Gasteiger partial charge in [-0.05, 0) is 44.7 Å². The van der Waals surface area contributed by atoms with E-state index in [-0.39, 0.29) is 0 Å². The van der Waals surface area contributed by atoms with Gasteiger partial charge in [-0.2, -0.15) is 0 Å². The van der Waals surface area contributed by atoms with Crippen molar-refractivity contribution in [3.05, 3.63) is 51.9 Å². The summed E-state index contributed by atoms with van der Waals surface area (Å²) in [5.41, 5.74) is 2.27. The van der Waals surface area contributed by atoms with Gasteiger partial charge in [0.1, 0.15) is 23.9 Å². The van der Waals surface area contributed by atoms with E-state index >= 15 is 0 Å².